The van der Waals surface area contributed by atoms with E-state index in [1.807, 2.05) is 25.3 Å². The predicted octanol–water partition coefficient (Wildman–Crippen LogP) is 4.35. The molecule has 1 aromatic carbocycles. The van der Waals surface area contributed by atoms with Crippen molar-refractivity contribution >= 4 is 18.0 Å². The van der Waals surface area contributed by atoms with Gasteiger partial charge in [0.1, 0.15) is 0 Å². The lowest BCUT2D eigenvalue weighted by Gasteiger charge is -2.22. The lowest BCUT2D eigenvalue weighted by molar-refractivity contribution is 0.606. The quantitative estimate of drug-likeness (QED) is 0.779. The maximum absolute atomic E-state index is 7.73. The Hall–Kier alpha value is -2.59. The number of benzene rings is 1. The fraction of sp³-hybridized carbons (Fsp3) is 0.348. The Balaban J connectivity index is 2.16. The highest BCUT2D eigenvalue weighted by Crippen LogP contribution is 2.33. The van der Waals surface area contributed by atoms with E-state index in [9.17, 15) is 0 Å². The van der Waals surface area contributed by atoms with Crippen LogP contribution in [0, 0.1) is 12.3 Å². The average Bonchev–Trinajstić information content (AvgIpc) is 2.99. The Kier molecular flexibility index (Phi) is 6.30. The molecule has 1 atom stereocenters. The normalized spacial score (nSPS) is 18.0. The Morgan fingerprint density at radius 1 is 1.30 bits per heavy atom. The Labute approximate surface area is 162 Å². The van der Waals surface area contributed by atoms with Gasteiger partial charge in [-0.2, -0.15) is 0 Å². The topological polar surface area (TPSA) is 61.1 Å². The molecule has 0 bridgehead atoms. The number of rotatable bonds is 5. The van der Waals surface area contributed by atoms with Crippen LogP contribution in [-0.2, 0) is 0 Å². The lowest BCUT2D eigenvalue weighted by Crippen LogP contribution is -2.15. The van der Waals surface area contributed by atoms with E-state index >= 15 is 0 Å². The molecule has 0 amide bonds. The minimum atomic E-state index is 0.562. The van der Waals surface area contributed by atoms with Crippen LogP contribution in [-0.4, -0.2) is 37.0 Å². The van der Waals surface area contributed by atoms with E-state index in [4.69, 9.17) is 5.41 Å². The zero-order valence-corrected chi connectivity index (χ0v) is 16.3. The minimum Gasteiger partial charge on any atom is -0.317 e. The Morgan fingerprint density at radius 3 is 2.89 bits per heavy atom. The monoisotopic (exact) mass is 360 g/mol. The second kappa shape index (κ2) is 8.87. The number of hydrogen-bond acceptors (Lipinski definition) is 4. The van der Waals surface area contributed by atoms with E-state index in [2.05, 4.69) is 40.9 Å². The number of nitrogens with zero attached hydrogens (tertiary/aromatic N) is 2. The molecule has 1 aromatic heterocycles. The van der Waals surface area contributed by atoms with Gasteiger partial charge in [0.25, 0.3) is 0 Å². The largest absolute Gasteiger partial charge is 0.317 e. The van der Waals surface area contributed by atoms with Crippen LogP contribution in [0.2, 0.25) is 0 Å². The van der Waals surface area contributed by atoms with Crippen molar-refractivity contribution in [1.29, 1.82) is 5.41 Å². The fourth-order valence-electron chi connectivity index (χ4n) is 4.11. The van der Waals surface area contributed by atoms with Crippen LogP contribution in [0.3, 0.4) is 0 Å². The van der Waals surface area contributed by atoms with Crippen LogP contribution < -0.4 is 5.32 Å². The van der Waals surface area contributed by atoms with Crippen molar-refractivity contribution in [3.05, 3.63) is 70.6 Å². The van der Waals surface area contributed by atoms with Crippen molar-refractivity contribution in [2.24, 2.45) is 4.99 Å². The highest BCUT2D eigenvalue weighted by molar-refractivity contribution is 6.18. The molecule has 0 aliphatic carbocycles. The van der Waals surface area contributed by atoms with E-state index in [1.54, 1.807) is 6.20 Å². The van der Waals surface area contributed by atoms with Gasteiger partial charge in [0.2, 0.25) is 0 Å². The first kappa shape index (κ1) is 19.2. The van der Waals surface area contributed by atoms with Crippen LogP contribution in [0.1, 0.15) is 58.7 Å². The van der Waals surface area contributed by atoms with Gasteiger partial charge in [0, 0.05) is 30.6 Å². The molecule has 2 aromatic rings. The first-order chi connectivity index (χ1) is 13.2. The molecule has 1 aliphatic heterocycles. The van der Waals surface area contributed by atoms with Gasteiger partial charge in [-0.05, 0) is 74.0 Å². The van der Waals surface area contributed by atoms with Crippen molar-refractivity contribution < 1.29 is 0 Å². The predicted molar refractivity (Wildman–Crippen MR) is 114 cm³/mol. The molecule has 1 unspecified atom stereocenters. The second-order valence-electron chi connectivity index (χ2n) is 6.98. The molecule has 3 rings (SSSR count). The van der Waals surface area contributed by atoms with Crippen LogP contribution in [0.15, 0.2) is 42.0 Å². The zero-order chi connectivity index (χ0) is 19.2. The summed E-state index contributed by atoms with van der Waals surface area (Å²) >= 11 is 0. The van der Waals surface area contributed by atoms with Crippen molar-refractivity contribution in [3.8, 4) is 0 Å². The summed E-state index contributed by atoms with van der Waals surface area (Å²) in [5, 5.41) is 11.2. The van der Waals surface area contributed by atoms with Crippen molar-refractivity contribution in [1.82, 2.24) is 10.3 Å². The molecule has 0 saturated carbocycles. The van der Waals surface area contributed by atoms with E-state index in [-0.39, 0.29) is 0 Å². The molecule has 2 heterocycles. The van der Waals surface area contributed by atoms with Gasteiger partial charge in [-0.3, -0.25) is 9.98 Å². The van der Waals surface area contributed by atoms with Crippen LogP contribution in [0.25, 0.3) is 6.08 Å². The maximum atomic E-state index is 7.73. The SMILES string of the molecule is C=Cc1ccc(C2CCCNCC2)c(C)c1C(=NC)c1cccnc1C=N. The molecule has 27 heavy (non-hydrogen) atoms. The lowest BCUT2D eigenvalue weighted by atomic mass is 9.83. The van der Waals surface area contributed by atoms with Gasteiger partial charge < -0.3 is 10.7 Å². The highest BCUT2D eigenvalue weighted by atomic mass is 14.8. The third kappa shape index (κ3) is 3.91. The summed E-state index contributed by atoms with van der Waals surface area (Å²) in [5.41, 5.74) is 7.25. The third-order valence-electron chi connectivity index (χ3n) is 5.47. The van der Waals surface area contributed by atoms with Crippen molar-refractivity contribution in [2.45, 2.75) is 32.1 Å². The zero-order valence-electron chi connectivity index (χ0n) is 16.3. The molecular formula is C23H28N4. The Morgan fingerprint density at radius 2 is 2.15 bits per heavy atom. The second-order valence-corrected chi connectivity index (χ2v) is 6.98. The molecule has 1 saturated heterocycles. The summed E-state index contributed by atoms with van der Waals surface area (Å²) in [7, 11) is 1.81. The average molecular weight is 361 g/mol. The van der Waals surface area contributed by atoms with Gasteiger partial charge in [-0.15, -0.1) is 0 Å². The molecule has 1 aliphatic rings. The smallest absolute Gasteiger partial charge is 0.0899 e. The number of aliphatic imine (C=N–C) groups is 1. The summed E-state index contributed by atoms with van der Waals surface area (Å²) in [4.78, 5) is 8.97. The van der Waals surface area contributed by atoms with E-state index in [1.165, 1.54) is 30.2 Å². The van der Waals surface area contributed by atoms with E-state index in [0.29, 0.717) is 11.6 Å². The van der Waals surface area contributed by atoms with Crippen molar-refractivity contribution in [2.75, 3.05) is 20.1 Å². The maximum Gasteiger partial charge on any atom is 0.0899 e. The summed E-state index contributed by atoms with van der Waals surface area (Å²) in [6.45, 7) is 8.39. The van der Waals surface area contributed by atoms with Gasteiger partial charge in [0.15, 0.2) is 0 Å². The summed E-state index contributed by atoms with van der Waals surface area (Å²) in [5.74, 6) is 0.562. The molecule has 1 fully saturated rings. The highest BCUT2D eigenvalue weighted by Gasteiger charge is 2.22. The number of nitrogens with one attached hydrogen (secondary N) is 2. The summed E-state index contributed by atoms with van der Waals surface area (Å²) in [6.07, 6.45) is 8.48. The van der Waals surface area contributed by atoms with Crippen molar-refractivity contribution in [3.63, 3.8) is 0 Å². The standard InChI is InChI=1S/C23H28N4/c1-4-17-9-10-19(18-7-5-12-26-14-11-18)16(2)22(17)23(25-3)20-8-6-13-27-21(20)15-24/h4,6,8-10,13,15,18,24,26H,1,5,7,11-12,14H2,2-3H3. The molecule has 4 heteroatoms. The number of pyridine rings is 1. The van der Waals surface area contributed by atoms with Gasteiger partial charge >= 0.3 is 0 Å². The van der Waals surface area contributed by atoms with Gasteiger partial charge in [0.05, 0.1) is 11.4 Å². The molecular weight excluding hydrogens is 332 g/mol. The third-order valence-corrected chi connectivity index (χ3v) is 5.47. The van der Waals surface area contributed by atoms with Crippen LogP contribution in [0.5, 0.6) is 0 Å². The van der Waals surface area contributed by atoms with Crippen LogP contribution in [0.4, 0.5) is 0 Å². The minimum absolute atomic E-state index is 0.562. The molecule has 0 radical (unpaired) electrons. The van der Waals surface area contributed by atoms with E-state index < -0.39 is 0 Å². The van der Waals surface area contributed by atoms with Gasteiger partial charge in [-0.1, -0.05) is 24.8 Å². The molecule has 4 nitrogen and oxygen atoms in total. The van der Waals surface area contributed by atoms with E-state index in [0.717, 1.165) is 41.9 Å². The molecule has 0 spiro atoms. The number of aromatic nitrogens is 1. The molecule has 2 N–H and O–H groups in total. The first-order valence-electron chi connectivity index (χ1n) is 9.61. The summed E-state index contributed by atoms with van der Waals surface area (Å²) < 4.78 is 0. The van der Waals surface area contributed by atoms with Crippen LogP contribution >= 0.6 is 0 Å². The molecule has 140 valence electrons. The fourth-order valence-corrected chi connectivity index (χ4v) is 4.11. The summed E-state index contributed by atoms with van der Waals surface area (Å²) in [6, 6.07) is 8.32. The Bertz CT molecular complexity index is 859. The number of hydrogen-bond donors (Lipinski definition) is 2. The first-order valence-corrected chi connectivity index (χ1v) is 9.61. The van der Waals surface area contributed by atoms with Gasteiger partial charge in [-0.25, -0.2) is 0 Å².